The van der Waals surface area contributed by atoms with E-state index in [2.05, 4.69) is 31.8 Å². The van der Waals surface area contributed by atoms with Crippen LogP contribution in [0.5, 0.6) is 0 Å². The summed E-state index contributed by atoms with van der Waals surface area (Å²) in [6.07, 6.45) is -0.441. The van der Waals surface area contributed by atoms with Crippen molar-refractivity contribution >= 4 is 28.6 Å². The Morgan fingerprint density at radius 3 is 2.78 bits per heavy atom. The van der Waals surface area contributed by atoms with Gasteiger partial charge in [0.05, 0.1) is 11.1 Å². The highest BCUT2D eigenvalue weighted by Gasteiger charge is 2.26. The number of pyridine rings is 1. The van der Waals surface area contributed by atoms with Crippen LogP contribution in [0.15, 0.2) is 53.9 Å². The lowest BCUT2D eigenvalue weighted by atomic mass is 10.1. The quantitative estimate of drug-likeness (QED) is 0.323. The van der Waals surface area contributed by atoms with Crippen LogP contribution in [-0.2, 0) is 4.74 Å². The Morgan fingerprint density at radius 1 is 1.31 bits per heavy atom. The monoisotopic (exact) mass is 441 g/mol. The first-order chi connectivity index (χ1) is 15.3. The van der Waals surface area contributed by atoms with Crippen LogP contribution in [-0.4, -0.2) is 34.0 Å². The molecule has 32 heavy (non-hydrogen) atoms. The van der Waals surface area contributed by atoms with Gasteiger partial charge in [-0.3, -0.25) is 0 Å². The van der Waals surface area contributed by atoms with Crippen molar-refractivity contribution in [2.75, 3.05) is 11.9 Å². The van der Waals surface area contributed by atoms with Crippen LogP contribution in [0.4, 0.5) is 24.7 Å². The first-order valence-electron chi connectivity index (χ1n) is 9.24. The van der Waals surface area contributed by atoms with Gasteiger partial charge in [-0.05, 0) is 36.8 Å². The maximum atomic E-state index is 14.4. The van der Waals surface area contributed by atoms with Gasteiger partial charge >= 0.3 is 0 Å². The lowest BCUT2D eigenvalue weighted by molar-refractivity contribution is 0.114. The van der Waals surface area contributed by atoms with Gasteiger partial charge < -0.3 is 15.8 Å². The SMILES string of the molecule is C=C(C)COC(N)=N[C@@H](c1cc(Nc2ncnc3cc(C#N)cnc23)ccc1F)C(F)F. The predicted molar refractivity (Wildman–Crippen MR) is 113 cm³/mol. The van der Waals surface area contributed by atoms with Crippen LogP contribution in [0.25, 0.3) is 11.0 Å². The van der Waals surface area contributed by atoms with Gasteiger partial charge in [-0.15, -0.1) is 0 Å². The highest BCUT2D eigenvalue weighted by atomic mass is 19.3. The van der Waals surface area contributed by atoms with Crippen LogP contribution in [0, 0.1) is 17.1 Å². The zero-order chi connectivity index (χ0) is 23.3. The van der Waals surface area contributed by atoms with Gasteiger partial charge in [0.1, 0.15) is 36.4 Å². The van der Waals surface area contributed by atoms with Crippen molar-refractivity contribution in [1.29, 1.82) is 5.26 Å². The van der Waals surface area contributed by atoms with Crippen molar-refractivity contribution in [2.45, 2.75) is 19.4 Å². The number of amidine groups is 1. The molecule has 3 N–H and O–H groups in total. The Labute approximate surface area is 181 Å². The number of alkyl halides is 2. The summed E-state index contributed by atoms with van der Waals surface area (Å²) in [6.45, 7) is 5.28. The zero-order valence-electron chi connectivity index (χ0n) is 16.9. The molecule has 0 saturated heterocycles. The number of nitrogens with two attached hydrogens (primary N) is 1. The summed E-state index contributed by atoms with van der Waals surface area (Å²) in [7, 11) is 0. The molecule has 0 aliphatic heterocycles. The van der Waals surface area contributed by atoms with Crippen LogP contribution < -0.4 is 11.1 Å². The normalized spacial score (nSPS) is 12.4. The summed E-state index contributed by atoms with van der Waals surface area (Å²) in [4.78, 5) is 16.0. The highest BCUT2D eigenvalue weighted by molar-refractivity contribution is 5.87. The Hall–Kier alpha value is -4.20. The Bertz CT molecular complexity index is 1220. The topological polar surface area (TPSA) is 122 Å². The summed E-state index contributed by atoms with van der Waals surface area (Å²) in [6, 6.07) is 4.65. The van der Waals surface area contributed by atoms with E-state index in [0.717, 1.165) is 6.07 Å². The minimum Gasteiger partial charge on any atom is -0.461 e. The first kappa shape index (κ1) is 22.5. The van der Waals surface area contributed by atoms with Crippen molar-refractivity contribution in [1.82, 2.24) is 15.0 Å². The molecule has 0 unspecified atom stereocenters. The van der Waals surface area contributed by atoms with Gasteiger partial charge in [-0.1, -0.05) is 6.58 Å². The number of halogens is 3. The number of fused-ring (bicyclic) bond motifs is 1. The van der Waals surface area contributed by atoms with Crippen molar-refractivity contribution in [3.63, 3.8) is 0 Å². The second kappa shape index (κ2) is 9.74. The van der Waals surface area contributed by atoms with Crippen molar-refractivity contribution in [3.05, 3.63) is 65.9 Å². The number of nitriles is 1. The minimum atomic E-state index is -3.04. The lowest BCUT2D eigenvalue weighted by Gasteiger charge is -2.16. The largest absolute Gasteiger partial charge is 0.461 e. The van der Waals surface area contributed by atoms with E-state index in [1.807, 2.05) is 6.07 Å². The standard InChI is InChI=1S/C21H18F3N7O/c1-11(2)9-32-21(26)31-17(19(23)24)14-6-13(3-4-15(14)22)30-20-18-16(28-10-29-20)5-12(7-25)8-27-18/h3-6,8,10,17,19H,1,9H2,2H3,(H2,26,31)(H,28,29,30)/t17-/m0/s1. The second-order valence-corrected chi connectivity index (χ2v) is 6.78. The van der Waals surface area contributed by atoms with Crippen LogP contribution in [0.2, 0.25) is 0 Å². The van der Waals surface area contributed by atoms with Crippen LogP contribution in [0.1, 0.15) is 24.1 Å². The predicted octanol–water partition coefficient (Wildman–Crippen LogP) is 3.99. The molecular weight excluding hydrogens is 423 g/mol. The Kier molecular flexibility index (Phi) is 6.84. The van der Waals surface area contributed by atoms with Crippen molar-refractivity contribution < 1.29 is 17.9 Å². The van der Waals surface area contributed by atoms with E-state index in [9.17, 15) is 13.2 Å². The molecular formula is C21H18F3N7O. The molecule has 164 valence electrons. The highest BCUT2D eigenvalue weighted by Crippen LogP contribution is 2.31. The molecule has 0 radical (unpaired) electrons. The van der Waals surface area contributed by atoms with Gasteiger partial charge in [0, 0.05) is 17.4 Å². The summed E-state index contributed by atoms with van der Waals surface area (Å²) >= 11 is 0. The molecule has 0 bridgehead atoms. The number of nitrogens with one attached hydrogen (secondary N) is 1. The number of aliphatic imine (C=N–C) groups is 1. The molecule has 0 saturated carbocycles. The third-order valence-electron chi connectivity index (χ3n) is 4.15. The Morgan fingerprint density at radius 2 is 2.09 bits per heavy atom. The number of benzene rings is 1. The molecule has 3 rings (SSSR count). The smallest absolute Gasteiger partial charge is 0.283 e. The lowest BCUT2D eigenvalue weighted by Crippen LogP contribution is -2.21. The molecule has 0 amide bonds. The molecule has 8 nitrogen and oxygen atoms in total. The van der Waals surface area contributed by atoms with Crippen LogP contribution in [0.3, 0.4) is 0 Å². The van der Waals surface area contributed by atoms with Gasteiger partial charge in [0.15, 0.2) is 5.82 Å². The molecule has 2 heterocycles. The van der Waals surface area contributed by atoms with Gasteiger partial charge in [0.25, 0.3) is 12.4 Å². The average Bonchev–Trinajstić information content (AvgIpc) is 2.77. The van der Waals surface area contributed by atoms with Gasteiger partial charge in [-0.25, -0.2) is 33.1 Å². The molecule has 0 spiro atoms. The van der Waals surface area contributed by atoms with Gasteiger partial charge in [-0.2, -0.15) is 5.26 Å². The number of hydrogen-bond acceptors (Lipinski definition) is 7. The van der Waals surface area contributed by atoms with Gasteiger partial charge in [0.2, 0.25) is 0 Å². The number of nitrogens with zero attached hydrogens (tertiary/aromatic N) is 5. The summed E-state index contributed by atoms with van der Waals surface area (Å²) in [5.74, 6) is -0.639. The summed E-state index contributed by atoms with van der Waals surface area (Å²) in [5.41, 5.74) is 7.11. The maximum Gasteiger partial charge on any atom is 0.283 e. The van der Waals surface area contributed by atoms with Crippen molar-refractivity contribution in [2.24, 2.45) is 10.7 Å². The Balaban J connectivity index is 1.94. The molecule has 3 aromatic rings. The fraction of sp³-hybridized carbons (Fsp3) is 0.190. The van der Waals surface area contributed by atoms with E-state index in [-0.39, 0.29) is 23.7 Å². The molecule has 0 fully saturated rings. The molecule has 0 aliphatic rings. The zero-order valence-corrected chi connectivity index (χ0v) is 16.9. The molecule has 11 heteroatoms. The number of ether oxygens (including phenoxy) is 1. The molecule has 1 aromatic carbocycles. The van der Waals surface area contributed by atoms with E-state index in [0.29, 0.717) is 22.2 Å². The fourth-order valence-electron chi connectivity index (χ4n) is 2.71. The third kappa shape index (κ3) is 5.28. The third-order valence-corrected chi connectivity index (χ3v) is 4.15. The van der Waals surface area contributed by atoms with Crippen LogP contribution >= 0.6 is 0 Å². The second-order valence-electron chi connectivity index (χ2n) is 6.78. The summed E-state index contributed by atoms with van der Waals surface area (Å²) in [5, 5.41) is 11.9. The average molecular weight is 441 g/mol. The van der Waals surface area contributed by atoms with E-state index < -0.39 is 24.3 Å². The number of aromatic nitrogens is 3. The maximum absolute atomic E-state index is 14.4. The van der Waals surface area contributed by atoms with E-state index in [1.165, 1.54) is 30.7 Å². The first-order valence-corrected chi connectivity index (χ1v) is 9.24. The van der Waals surface area contributed by atoms with E-state index in [1.54, 1.807) is 6.92 Å². The van der Waals surface area contributed by atoms with E-state index >= 15 is 0 Å². The summed E-state index contributed by atoms with van der Waals surface area (Å²) < 4.78 is 46.8. The molecule has 2 aromatic heterocycles. The van der Waals surface area contributed by atoms with E-state index in [4.69, 9.17) is 15.7 Å². The number of rotatable bonds is 7. The minimum absolute atomic E-state index is 0.00330. The number of hydrogen-bond donors (Lipinski definition) is 2. The van der Waals surface area contributed by atoms with Crippen molar-refractivity contribution in [3.8, 4) is 6.07 Å². The molecule has 1 atom stereocenters. The molecule has 0 aliphatic carbocycles. The number of anilines is 2. The fourth-order valence-corrected chi connectivity index (χ4v) is 2.71.